The molecule has 5 heteroatoms. The van der Waals surface area contributed by atoms with Gasteiger partial charge >= 0.3 is 0 Å². The van der Waals surface area contributed by atoms with Crippen molar-refractivity contribution in [1.82, 2.24) is 4.90 Å². The summed E-state index contributed by atoms with van der Waals surface area (Å²) >= 11 is 0. The molecule has 1 saturated heterocycles. The van der Waals surface area contributed by atoms with E-state index in [1.54, 1.807) is 26.4 Å². The molecule has 1 fully saturated rings. The number of hydrogen-bond donors (Lipinski definition) is 1. The van der Waals surface area contributed by atoms with Gasteiger partial charge in [-0.15, -0.1) is 0 Å². The van der Waals surface area contributed by atoms with Gasteiger partial charge in [0.1, 0.15) is 17.1 Å². The fourth-order valence-corrected chi connectivity index (χ4v) is 3.52. The molecule has 0 radical (unpaired) electrons. The lowest BCUT2D eigenvalue weighted by molar-refractivity contribution is 0.0780. The molecule has 1 N–H and O–H groups in total. The summed E-state index contributed by atoms with van der Waals surface area (Å²) in [7, 11) is 3.13. The molecule has 1 aliphatic heterocycles. The van der Waals surface area contributed by atoms with E-state index in [1.165, 1.54) is 5.56 Å². The lowest BCUT2D eigenvalue weighted by atomic mass is 9.98. The standard InChI is InChI=1S/C21H25NO4/c1-25-18-4-3-5-19(26-2)20(18)21(24)22-11-10-17(13-22)12-15-6-8-16(14-23)9-7-15/h3-9,17,23H,10-14H2,1-2H3/t17-/m1/s1. The second-order valence-corrected chi connectivity index (χ2v) is 6.62. The Kier molecular flexibility index (Phi) is 5.78. The molecule has 1 atom stereocenters. The van der Waals surface area contributed by atoms with Crippen molar-refractivity contribution in [2.45, 2.75) is 19.4 Å². The van der Waals surface area contributed by atoms with Crippen LogP contribution >= 0.6 is 0 Å². The molecular formula is C21H25NO4. The van der Waals surface area contributed by atoms with Gasteiger partial charge < -0.3 is 19.5 Å². The average Bonchev–Trinajstić information content (AvgIpc) is 3.15. The van der Waals surface area contributed by atoms with Crippen LogP contribution in [-0.2, 0) is 13.0 Å². The van der Waals surface area contributed by atoms with Gasteiger partial charge in [0.15, 0.2) is 0 Å². The summed E-state index contributed by atoms with van der Waals surface area (Å²) in [5.74, 6) is 1.46. The van der Waals surface area contributed by atoms with Crippen molar-refractivity contribution in [2.24, 2.45) is 5.92 Å². The second-order valence-electron chi connectivity index (χ2n) is 6.62. The van der Waals surface area contributed by atoms with E-state index in [-0.39, 0.29) is 12.5 Å². The number of methoxy groups -OCH3 is 2. The predicted molar refractivity (Wildman–Crippen MR) is 99.6 cm³/mol. The molecule has 2 aromatic rings. The van der Waals surface area contributed by atoms with Gasteiger partial charge in [0.2, 0.25) is 0 Å². The minimum absolute atomic E-state index is 0.0440. The number of aliphatic hydroxyl groups excluding tert-OH is 1. The Morgan fingerprint density at radius 2 is 1.69 bits per heavy atom. The quantitative estimate of drug-likeness (QED) is 0.866. The third-order valence-corrected chi connectivity index (χ3v) is 4.94. The highest BCUT2D eigenvalue weighted by Gasteiger charge is 2.30. The Balaban J connectivity index is 1.69. The number of likely N-dealkylation sites (tertiary alicyclic amines) is 1. The first-order chi connectivity index (χ1) is 12.7. The van der Waals surface area contributed by atoms with Gasteiger partial charge in [-0.1, -0.05) is 30.3 Å². The second kappa shape index (κ2) is 8.23. The van der Waals surface area contributed by atoms with Crippen LogP contribution in [0.25, 0.3) is 0 Å². The lowest BCUT2D eigenvalue weighted by Gasteiger charge is -2.20. The monoisotopic (exact) mass is 355 g/mol. The van der Waals surface area contributed by atoms with Gasteiger partial charge in [-0.2, -0.15) is 0 Å². The van der Waals surface area contributed by atoms with E-state index in [4.69, 9.17) is 14.6 Å². The number of amides is 1. The Hall–Kier alpha value is -2.53. The molecule has 0 aromatic heterocycles. The fraction of sp³-hybridized carbons (Fsp3) is 0.381. The van der Waals surface area contributed by atoms with Gasteiger partial charge in [-0.05, 0) is 42.0 Å². The predicted octanol–water partition coefficient (Wildman–Crippen LogP) is 2.90. The molecule has 0 saturated carbocycles. The molecule has 1 aliphatic rings. The van der Waals surface area contributed by atoms with Gasteiger partial charge in [0.25, 0.3) is 5.91 Å². The first-order valence-corrected chi connectivity index (χ1v) is 8.85. The molecule has 26 heavy (non-hydrogen) atoms. The van der Waals surface area contributed by atoms with Crippen molar-refractivity contribution in [2.75, 3.05) is 27.3 Å². The van der Waals surface area contributed by atoms with E-state index in [9.17, 15) is 4.79 Å². The topological polar surface area (TPSA) is 59.0 Å². The molecular weight excluding hydrogens is 330 g/mol. The molecule has 0 bridgehead atoms. The van der Waals surface area contributed by atoms with Gasteiger partial charge in [0.05, 0.1) is 20.8 Å². The summed E-state index contributed by atoms with van der Waals surface area (Å²) in [5, 5.41) is 9.14. The van der Waals surface area contributed by atoms with Crippen molar-refractivity contribution in [1.29, 1.82) is 0 Å². The Labute approximate surface area is 154 Å². The summed E-state index contributed by atoms with van der Waals surface area (Å²) in [6, 6.07) is 13.4. The maximum atomic E-state index is 13.0. The van der Waals surface area contributed by atoms with Crippen molar-refractivity contribution in [3.05, 3.63) is 59.2 Å². The van der Waals surface area contributed by atoms with E-state index >= 15 is 0 Å². The minimum atomic E-state index is -0.0440. The van der Waals surface area contributed by atoms with Gasteiger partial charge in [-0.25, -0.2) is 0 Å². The summed E-state index contributed by atoms with van der Waals surface area (Å²) in [4.78, 5) is 14.9. The zero-order valence-electron chi connectivity index (χ0n) is 15.3. The minimum Gasteiger partial charge on any atom is -0.496 e. The maximum absolute atomic E-state index is 13.0. The number of ether oxygens (including phenoxy) is 2. The zero-order chi connectivity index (χ0) is 18.5. The number of aliphatic hydroxyl groups is 1. The molecule has 3 rings (SSSR count). The number of rotatable bonds is 6. The number of hydrogen-bond acceptors (Lipinski definition) is 4. The first kappa shape index (κ1) is 18.3. The molecule has 2 aromatic carbocycles. The summed E-state index contributed by atoms with van der Waals surface area (Å²) in [6.07, 6.45) is 1.91. The Bertz CT molecular complexity index is 735. The number of carbonyl (C=O) groups is 1. The highest BCUT2D eigenvalue weighted by molar-refractivity contribution is 5.99. The van der Waals surface area contributed by atoms with Crippen LogP contribution in [0.4, 0.5) is 0 Å². The van der Waals surface area contributed by atoms with Crippen molar-refractivity contribution >= 4 is 5.91 Å². The molecule has 0 unspecified atom stereocenters. The number of nitrogens with zero attached hydrogens (tertiary/aromatic N) is 1. The van der Waals surface area contributed by atoms with Crippen LogP contribution in [0.2, 0.25) is 0 Å². The van der Waals surface area contributed by atoms with E-state index in [2.05, 4.69) is 12.1 Å². The summed E-state index contributed by atoms with van der Waals surface area (Å²) < 4.78 is 10.7. The van der Waals surface area contributed by atoms with Crippen LogP contribution in [0.3, 0.4) is 0 Å². The molecule has 0 spiro atoms. The fourth-order valence-electron chi connectivity index (χ4n) is 3.52. The third kappa shape index (κ3) is 3.83. The van der Waals surface area contributed by atoms with Crippen molar-refractivity contribution < 1.29 is 19.4 Å². The smallest absolute Gasteiger partial charge is 0.261 e. The van der Waals surface area contributed by atoms with Crippen LogP contribution < -0.4 is 9.47 Å². The molecule has 0 aliphatic carbocycles. The van der Waals surface area contributed by atoms with Crippen molar-refractivity contribution in [3.63, 3.8) is 0 Å². The zero-order valence-corrected chi connectivity index (χ0v) is 15.3. The maximum Gasteiger partial charge on any atom is 0.261 e. The molecule has 1 heterocycles. The highest BCUT2D eigenvalue weighted by Crippen LogP contribution is 2.31. The van der Waals surface area contributed by atoms with Crippen LogP contribution in [-0.4, -0.2) is 43.2 Å². The van der Waals surface area contributed by atoms with Crippen LogP contribution in [0.15, 0.2) is 42.5 Å². The van der Waals surface area contributed by atoms with Gasteiger partial charge in [0, 0.05) is 13.1 Å². The Morgan fingerprint density at radius 1 is 1.08 bits per heavy atom. The Morgan fingerprint density at radius 3 is 2.27 bits per heavy atom. The van der Waals surface area contributed by atoms with E-state index in [0.717, 1.165) is 31.5 Å². The number of carbonyl (C=O) groups excluding carboxylic acids is 1. The number of benzene rings is 2. The summed E-state index contributed by atoms with van der Waals surface area (Å²) in [5.41, 5.74) is 2.64. The van der Waals surface area contributed by atoms with Crippen molar-refractivity contribution in [3.8, 4) is 11.5 Å². The highest BCUT2D eigenvalue weighted by atomic mass is 16.5. The summed E-state index contributed by atoms with van der Waals surface area (Å²) in [6.45, 7) is 1.52. The average molecular weight is 355 g/mol. The largest absolute Gasteiger partial charge is 0.496 e. The third-order valence-electron chi connectivity index (χ3n) is 4.94. The van der Waals surface area contributed by atoms with E-state index in [1.807, 2.05) is 23.1 Å². The van der Waals surface area contributed by atoms with E-state index < -0.39 is 0 Å². The van der Waals surface area contributed by atoms with Crippen LogP contribution in [0.5, 0.6) is 11.5 Å². The van der Waals surface area contributed by atoms with Gasteiger partial charge in [-0.3, -0.25) is 4.79 Å². The molecule has 1 amide bonds. The van der Waals surface area contributed by atoms with Crippen LogP contribution in [0.1, 0.15) is 27.9 Å². The molecule has 138 valence electrons. The first-order valence-electron chi connectivity index (χ1n) is 8.85. The molecule has 5 nitrogen and oxygen atoms in total. The SMILES string of the molecule is COc1cccc(OC)c1C(=O)N1CC[C@H](Cc2ccc(CO)cc2)C1. The van der Waals surface area contributed by atoms with Crippen LogP contribution in [0, 0.1) is 5.92 Å². The normalized spacial score (nSPS) is 16.6. The lowest BCUT2D eigenvalue weighted by Crippen LogP contribution is -2.29. The van der Waals surface area contributed by atoms with E-state index in [0.29, 0.717) is 23.0 Å².